The number of rotatable bonds is 20. The molecule has 2 aliphatic heterocycles. The number of anilines is 2. The molecule has 0 radical (unpaired) electrons. The lowest BCUT2D eigenvalue weighted by molar-refractivity contribution is -0.118. The maximum atomic E-state index is 13.6. The molecule has 0 unspecified atom stereocenters. The van der Waals surface area contributed by atoms with Gasteiger partial charge in [-0.25, -0.2) is 24.0 Å². The molecular weight excluding hydrogens is 1120 g/mol. The first-order valence-electron chi connectivity index (χ1n) is 27.7. The van der Waals surface area contributed by atoms with E-state index < -0.39 is 59.8 Å². The molecule has 9 rings (SSSR count). The van der Waals surface area contributed by atoms with E-state index in [0.717, 1.165) is 22.3 Å². The first kappa shape index (κ1) is 60.7. The standard InChI is InChI=1S/C64H62N10O13/c65-51(27-15-33-67-58(71-60(78)82-37-41-17-5-1-6-18-41)72-61(79)83-38-42-19-7-2-8-20-42)55(75)69-45-29-31-49-53(35-45)86-54-36-46(30-32-50(54)64(49)48-26-14-13-25-47(48)57(77)87-64)70-56(76)52(66)28-16-34-68-59(73-62(80)84-39-43-21-9-3-10-22-43)74-63(81)85-40-44-23-11-4-12-24-44/h1-14,17-26,29-32,35-36,51-52H,15-16,27-28,33-34,37-40,65-66H2,(H,69,75)(H,70,76)(H2,67,71,72,78,79)(H2,68,73,74,80,81)/t51-,52-/m0/s1. The highest BCUT2D eigenvalue weighted by Gasteiger charge is 2.53. The van der Waals surface area contributed by atoms with Gasteiger partial charge in [-0.2, -0.15) is 0 Å². The van der Waals surface area contributed by atoms with Gasteiger partial charge in [-0.3, -0.25) is 40.8 Å². The zero-order valence-electron chi connectivity index (χ0n) is 46.9. The zero-order chi connectivity index (χ0) is 61.0. The molecule has 1 spiro atoms. The fourth-order valence-electron chi connectivity index (χ4n) is 9.21. The van der Waals surface area contributed by atoms with Gasteiger partial charge in [0.25, 0.3) is 0 Å². The average Bonchev–Trinajstić information content (AvgIpc) is 1.64. The molecule has 6 amide bonds. The number of carbonyl (C=O) groups is 7. The number of esters is 1. The Balaban J connectivity index is 0.824. The van der Waals surface area contributed by atoms with Gasteiger partial charge in [0.2, 0.25) is 23.7 Å². The number of benzene rings is 7. The van der Waals surface area contributed by atoms with Crippen molar-refractivity contribution in [1.82, 2.24) is 21.3 Å². The van der Waals surface area contributed by atoms with Crippen molar-refractivity contribution in [2.75, 3.05) is 23.7 Å². The molecule has 23 heteroatoms. The van der Waals surface area contributed by atoms with Crippen LogP contribution >= 0.6 is 0 Å². The molecule has 0 aromatic heterocycles. The molecule has 2 aliphatic rings. The molecule has 0 saturated carbocycles. The summed E-state index contributed by atoms with van der Waals surface area (Å²) in [5, 5.41) is 15.4. The van der Waals surface area contributed by atoms with Crippen LogP contribution in [0.15, 0.2) is 192 Å². The molecule has 0 aliphatic carbocycles. The number of hydrogen-bond donors (Lipinski definition) is 8. The van der Waals surface area contributed by atoms with E-state index in [9.17, 15) is 33.6 Å². The minimum absolute atomic E-state index is 0.0246. The average molecular weight is 1180 g/mol. The van der Waals surface area contributed by atoms with Crippen molar-refractivity contribution in [2.45, 2.75) is 69.8 Å². The Labute approximate surface area is 499 Å². The van der Waals surface area contributed by atoms with E-state index in [1.165, 1.54) is 0 Å². The van der Waals surface area contributed by atoms with Crippen molar-refractivity contribution >= 4 is 65.5 Å². The van der Waals surface area contributed by atoms with Gasteiger partial charge in [-0.1, -0.05) is 140 Å². The normalized spacial score (nSPS) is 12.7. The van der Waals surface area contributed by atoms with Gasteiger partial charge in [0.1, 0.15) is 37.9 Å². The van der Waals surface area contributed by atoms with Crippen LogP contribution in [0.3, 0.4) is 0 Å². The van der Waals surface area contributed by atoms with Gasteiger partial charge in [-0.15, -0.1) is 0 Å². The largest absolute Gasteiger partial charge is 0.456 e. The Kier molecular flexibility index (Phi) is 20.6. The Morgan fingerprint density at radius 2 is 0.793 bits per heavy atom. The fourth-order valence-corrected chi connectivity index (χ4v) is 9.21. The van der Waals surface area contributed by atoms with Crippen LogP contribution in [0, 0.1) is 0 Å². The van der Waals surface area contributed by atoms with E-state index in [4.69, 9.17) is 39.9 Å². The maximum Gasteiger partial charge on any atom is 0.414 e. The second-order valence-electron chi connectivity index (χ2n) is 19.8. The first-order chi connectivity index (χ1) is 42.3. The fraction of sp³-hybridized carbons (Fsp3) is 0.203. The molecule has 0 fully saturated rings. The third-order valence-corrected chi connectivity index (χ3v) is 13.5. The van der Waals surface area contributed by atoms with E-state index in [-0.39, 0.29) is 88.6 Å². The number of hydrogen-bond acceptors (Lipinski definition) is 17. The molecule has 0 bridgehead atoms. The number of aliphatic imine (C=N–C) groups is 2. The monoisotopic (exact) mass is 1180 g/mol. The Bertz CT molecular complexity index is 3330. The summed E-state index contributed by atoms with van der Waals surface area (Å²) in [6, 6.07) is 50.7. The SMILES string of the molecule is N[C@@H](CCCN=C(NC(=O)OCc1ccccc1)NC(=O)OCc1ccccc1)C(=O)Nc1ccc2c(c1)Oc1cc(NC(=O)[C@@H](N)CCCN=C(NC(=O)OCc3ccccc3)NC(=O)OCc3ccccc3)ccc1C21OC(=O)c2ccccc21. The van der Waals surface area contributed by atoms with Crippen LogP contribution in [0.2, 0.25) is 0 Å². The van der Waals surface area contributed by atoms with E-state index in [1.807, 2.05) is 24.3 Å². The zero-order valence-corrected chi connectivity index (χ0v) is 46.9. The van der Waals surface area contributed by atoms with Gasteiger partial charge in [0.05, 0.1) is 17.6 Å². The highest BCUT2D eigenvalue weighted by atomic mass is 16.6. The van der Waals surface area contributed by atoms with Crippen LogP contribution in [0.5, 0.6) is 11.5 Å². The number of carbonyl (C=O) groups excluding carboxylic acids is 7. The van der Waals surface area contributed by atoms with Crippen LogP contribution in [-0.2, 0) is 65.3 Å². The summed E-state index contributed by atoms with van der Waals surface area (Å²) in [6.07, 6.45) is -2.75. The van der Waals surface area contributed by atoms with Crippen molar-refractivity contribution < 1.29 is 62.0 Å². The molecule has 446 valence electrons. The lowest BCUT2D eigenvalue weighted by Gasteiger charge is -2.37. The van der Waals surface area contributed by atoms with Crippen LogP contribution < -0.4 is 48.1 Å². The molecule has 10 N–H and O–H groups in total. The number of fused-ring (bicyclic) bond motifs is 6. The second-order valence-corrected chi connectivity index (χ2v) is 19.8. The van der Waals surface area contributed by atoms with Gasteiger partial charge < -0.3 is 50.5 Å². The number of nitrogens with zero attached hydrogens (tertiary/aromatic N) is 2. The molecule has 7 aromatic carbocycles. The predicted molar refractivity (Wildman–Crippen MR) is 320 cm³/mol. The van der Waals surface area contributed by atoms with Crippen molar-refractivity contribution in [2.24, 2.45) is 21.5 Å². The Morgan fingerprint density at radius 3 is 1.16 bits per heavy atom. The Hall–Kier alpha value is -10.9. The van der Waals surface area contributed by atoms with E-state index >= 15 is 0 Å². The molecule has 87 heavy (non-hydrogen) atoms. The smallest absolute Gasteiger partial charge is 0.414 e. The Morgan fingerprint density at radius 1 is 0.448 bits per heavy atom. The van der Waals surface area contributed by atoms with Gasteiger partial charge in [-0.05, 0) is 78.3 Å². The van der Waals surface area contributed by atoms with Crippen LogP contribution in [0.4, 0.5) is 30.6 Å². The molecule has 0 saturated heterocycles. The number of ether oxygens (including phenoxy) is 6. The summed E-state index contributed by atoms with van der Waals surface area (Å²) < 4.78 is 34.1. The number of nitrogens with two attached hydrogens (primary N) is 2. The molecule has 23 nitrogen and oxygen atoms in total. The van der Waals surface area contributed by atoms with Crippen molar-refractivity contribution in [3.63, 3.8) is 0 Å². The summed E-state index contributed by atoms with van der Waals surface area (Å²) in [7, 11) is 0. The van der Waals surface area contributed by atoms with E-state index in [0.29, 0.717) is 33.6 Å². The van der Waals surface area contributed by atoms with E-state index in [2.05, 4.69) is 41.9 Å². The van der Waals surface area contributed by atoms with Crippen molar-refractivity contribution in [3.8, 4) is 11.5 Å². The third-order valence-electron chi connectivity index (χ3n) is 13.5. The quantitative estimate of drug-likeness (QED) is 0.0116. The summed E-state index contributed by atoms with van der Waals surface area (Å²) in [5.41, 5.74) is 16.7. The topological polar surface area (TPSA) is 324 Å². The molecule has 2 atom stereocenters. The summed E-state index contributed by atoms with van der Waals surface area (Å²) in [5.74, 6) is -1.69. The highest BCUT2D eigenvalue weighted by molar-refractivity contribution is 6.02. The summed E-state index contributed by atoms with van der Waals surface area (Å²) >= 11 is 0. The lowest BCUT2D eigenvalue weighted by atomic mass is 9.77. The van der Waals surface area contributed by atoms with Gasteiger partial charge >= 0.3 is 30.3 Å². The minimum Gasteiger partial charge on any atom is -0.456 e. The van der Waals surface area contributed by atoms with Crippen LogP contribution in [0.1, 0.15) is 75.0 Å². The van der Waals surface area contributed by atoms with Crippen molar-refractivity contribution in [1.29, 1.82) is 0 Å². The van der Waals surface area contributed by atoms with Gasteiger partial charge in [0.15, 0.2) is 5.60 Å². The second kappa shape index (κ2) is 29.6. The minimum atomic E-state index is -1.49. The lowest BCUT2D eigenvalue weighted by Crippen LogP contribution is -2.44. The maximum absolute atomic E-state index is 13.6. The first-order valence-corrected chi connectivity index (χ1v) is 27.7. The summed E-state index contributed by atoms with van der Waals surface area (Å²) in [4.78, 5) is 101. The van der Waals surface area contributed by atoms with Gasteiger partial charge in [0, 0.05) is 53.3 Å². The number of amides is 6. The number of alkyl carbamates (subject to hydrolysis) is 4. The molecule has 7 aromatic rings. The van der Waals surface area contributed by atoms with Crippen molar-refractivity contribution in [3.05, 3.63) is 226 Å². The molecular formula is C64H62N10O13. The predicted octanol–water partition coefficient (Wildman–Crippen LogP) is 8.76. The number of guanidine groups is 2. The third kappa shape index (κ3) is 16.7. The van der Waals surface area contributed by atoms with E-state index in [1.54, 1.807) is 158 Å². The van der Waals surface area contributed by atoms with Crippen LogP contribution in [-0.4, -0.2) is 79.2 Å². The van der Waals surface area contributed by atoms with Crippen LogP contribution in [0.25, 0.3) is 0 Å². The molecule has 2 heterocycles. The number of nitrogens with one attached hydrogen (secondary N) is 6. The highest BCUT2D eigenvalue weighted by Crippen LogP contribution is 2.56. The summed E-state index contributed by atoms with van der Waals surface area (Å²) in [6.45, 7) is -0.0959.